The van der Waals surface area contributed by atoms with E-state index in [0.29, 0.717) is 6.61 Å². The molecule has 0 amide bonds. The minimum Gasteiger partial charge on any atom is -0.460 e. The first kappa shape index (κ1) is 10.4. The van der Waals surface area contributed by atoms with Gasteiger partial charge in [-0.05, 0) is 36.8 Å². The molecule has 2 rings (SSSR count). The van der Waals surface area contributed by atoms with Crippen LogP contribution in [0.1, 0.15) is 23.3 Å². The monoisotopic (exact) mass is 222 g/mol. The second kappa shape index (κ2) is 4.62. The lowest BCUT2D eigenvalue weighted by Crippen LogP contribution is -2.14. The van der Waals surface area contributed by atoms with Crippen LogP contribution in [-0.4, -0.2) is 5.97 Å². The Labute approximate surface area is 93.6 Å². The quantitative estimate of drug-likeness (QED) is 0.580. The van der Waals surface area contributed by atoms with Crippen molar-refractivity contribution in [1.29, 1.82) is 0 Å². The molecule has 0 saturated carbocycles. The number of esters is 1. The first-order valence-corrected chi connectivity index (χ1v) is 6.00. The molecule has 80 valence electrons. The second-order valence-electron chi connectivity index (χ2n) is 3.77. The predicted octanol–water partition coefficient (Wildman–Crippen LogP) is 3.07. The molecule has 0 spiro atoms. The maximum atomic E-state index is 11.6. The minimum atomic E-state index is -0.0622. The molecular formula is C12H14O2S. The number of hydrogen-bond donors (Lipinski definition) is 0. The van der Waals surface area contributed by atoms with Gasteiger partial charge in [-0.25, -0.2) is 0 Å². The standard InChI is InChI=1S/C12H14O2S/c1-9-6-7-15-11(9)8-14-12(13)10-4-2-3-5-10/h2-3,6-7,10H,4-5,8H2,1H3. The van der Waals surface area contributed by atoms with E-state index in [2.05, 4.69) is 0 Å². The normalized spacial score (nSPS) is 15.8. The number of carbonyl (C=O) groups is 1. The fourth-order valence-corrected chi connectivity index (χ4v) is 2.43. The molecule has 0 fully saturated rings. The molecule has 1 aromatic heterocycles. The molecule has 0 atom stereocenters. The Bertz CT molecular complexity index is 371. The molecule has 1 aliphatic carbocycles. The highest BCUT2D eigenvalue weighted by atomic mass is 32.1. The molecule has 3 heteroatoms. The number of aryl methyl sites for hydroxylation is 1. The molecule has 0 N–H and O–H groups in total. The average molecular weight is 222 g/mol. The van der Waals surface area contributed by atoms with E-state index in [1.54, 1.807) is 11.3 Å². The molecule has 0 bridgehead atoms. The lowest BCUT2D eigenvalue weighted by Gasteiger charge is -2.09. The van der Waals surface area contributed by atoms with Gasteiger partial charge >= 0.3 is 5.97 Å². The van der Waals surface area contributed by atoms with Crippen LogP contribution in [0, 0.1) is 12.8 Å². The number of carbonyl (C=O) groups excluding carboxylic acids is 1. The van der Waals surface area contributed by atoms with Gasteiger partial charge in [-0.2, -0.15) is 0 Å². The molecule has 15 heavy (non-hydrogen) atoms. The van der Waals surface area contributed by atoms with Crippen molar-refractivity contribution in [2.75, 3.05) is 0 Å². The summed E-state index contributed by atoms with van der Waals surface area (Å²) in [6, 6.07) is 2.05. The van der Waals surface area contributed by atoms with Gasteiger partial charge in [-0.3, -0.25) is 4.79 Å². The van der Waals surface area contributed by atoms with Crippen LogP contribution < -0.4 is 0 Å². The summed E-state index contributed by atoms with van der Waals surface area (Å²) in [6.45, 7) is 2.47. The zero-order valence-corrected chi connectivity index (χ0v) is 9.55. The first-order valence-electron chi connectivity index (χ1n) is 5.12. The van der Waals surface area contributed by atoms with Crippen LogP contribution in [-0.2, 0) is 16.1 Å². The Hall–Kier alpha value is -1.09. The maximum absolute atomic E-state index is 11.6. The van der Waals surface area contributed by atoms with E-state index >= 15 is 0 Å². The van der Waals surface area contributed by atoms with Gasteiger partial charge in [0.05, 0.1) is 5.92 Å². The third kappa shape index (κ3) is 2.48. The zero-order chi connectivity index (χ0) is 10.7. The second-order valence-corrected chi connectivity index (χ2v) is 4.77. The largest absolute Gasteiger partial charge is 0.460 e. The Morgan fingerprint density at radius 1 is 1.53 bits per heavy atom. The summed E-state index contributed by atoms with van der Waals surface area (Å²) < 4.78 is 5.28. The van der Waals surface area contributed by atoms with Crippen LogP contribution in [0.15, 0.2) is 23.6 Å². The van der Waals surface area contributed by atoms with Gasteiger partial charge in [0.1, 0.15) is 6.61 Å². The van der Waals surface area contributed by atoms with Crippen molar-refractivity contribution in [3.05, 3.63) is 34.0 Å². The first-order chi connectivity index (χ1) is 7.27. The maximum Gasteiger partial charge on any atom is 0.309 e. The van der Waals surface area contributed by atoms with Gasteiger partial charge in [0, 0.05) is 4.88 Å². The topological polar surface area (TPSA) is 26.3 Å². The highest BCUT2D eigenvalue weighted by Crippen LogP contribution is 2.21. The van der Waals surface area contributed by atoms with E-state index in [9.17, 15) is 4.79 Å². The van der Waals surface area contributed by atoms with Crippen molar-refractivity contribution in [3.63, 3.8) is 0 Å². The SMILES string of the molecule is Cc1ccsc1COC(=O)C1CC=CC1. The summed E-state index contributed by atoms with van der Waals surface area (Å²) in [5, 5.41) is 2.02. The van der Waals surface area contributed by atoms with Crippen molar-refractivity contribution in [2.45, 2.75) is 26.4 Å². The van der Waals surface area contributed by atoms with Crippen LogP contribution in [0.3, 0.4) is 0 Å². The molecule has 0 saturated heterocycles. The van der Waals surface area contributed by atoms with Gasteiger partial charge in [0.25, 0.3) is 0 Å². The van der Waals surface area contributed by atoms with Gasteiger partial charge in [-0.1, -0.05) is 12.2 Å². The van der Waals surface area contributed by atoms with Crippen LogP contribution in [0.5, 0.6) is 0 Å². The van der Waals surface area contributed by atoms with E-state index in [-0.39, 0.29) is 11.9 Å². The minimum absolute atomic E-state index is 0.0604. The van der Waals surface area contributed by atoms with Crippen molar-refractivity contribution >= 4 is 17.3 Å². The Kier molecular flexibility index (Phi) is 3.21. The Morgan fingerprint density at radius 2 is 2.27 bits per heavy atom. The van der Waals surface area contributed by atoms with Gasteiger partial charge in [0.15, 0.2) is 0 Å². The van der Waals surface area contributed by atoms with Gasteiger partial charge in [-0.15, -0.1) is 11.3 Å². The number of rotatable bonds is 3. The molecule has 1 aliphatic rings. The highest BCUT2D eigenvalue weighted by Gasteiger charge is 2.20. The number of allylic oxidation sites excluding steroid dienone is 2. The third-order valence-corrected chi connectivity index (χ3v) is 3.65. The van der Waals surface area contributed by atoms with E-state index in [4.69, 9.17) is 4.74 Å². The Morgan fingerprint density at radius 3 is 2.87 bits per heavy atom. The fourth-order valence-electron chi connectivity index (χ4n) is 1.62. The summed E-state index contributed by atoms with van der Waals surface area (Å²) in [4.78, 5) is 12.7. The molecule has 2 nitrogen and oxygen atoms in total. The summed E-state index contributed by atoms with van der Waals surface area (Å²) in [5.74, 6) is -0.00179. The van der Waals surface area contributed by atoms with Crippen molar-refractivity contribution in [2.24, 2.45) is 5.92 Å². The molecule has 0 radical (unpaired) electrons. The van der Waals surface area contributed by atoms with E-state index in [1.165, 1.54) is 5.56 Å². The number of hydrogen-bond acceptors (Lipinski definition) is 3. The fraction of sp³-hybridized carbons (Fsp3) is 0.417. The average Bonchev–Trinajstić information content (AvgIpc) is 2.85. The van der Waals surface area contributed by atoms with Crippen molar-refractivity contribution in [1.82, 2.24) is 0 Å². The smallest absolute Gasteiger partial charge is 0.309 e. The zero-order valence-electron chi connectivity index (χ0n) is 8.73. The molecule has 1 aromatic rings. The van der Waals surface area contributed by atoms with Crippen molar-refractivity contribution < 1.29 is 9.53 Å². The van der Waals surface area contributed by atoms with Gasteiger partial charge in [0.2, 0.25) is 0 Å². The molecule has 1 heterocycles. The van der Waals surface area contributed by atoms with E-state index < -0.39 is 0 Å². The lowest BCUT2D eigenvalue weighted by atomic mass is 10.1. The van der Waals surface area contributed by atoms with Crippen LogP contribution in [0.25, 0.3) is 0 Å². The molecule has 0 unspecified atom stereocenters. The predicted molar refractivity (Wildman–Crippen MR) is 60.7 cm³/mol. The van der Waals surface area contributed by atoms with Crippen LogP contribution >= 0.6 is 11.3 Å². The lowest BCUT2D eigenvalue weighted by molar-refractivity contribution is -0.149. The summed E-state index contributed by atoms with van der Waals surface area (Å²) in [5.41, 5.74) is 1.21. The van der Waals surface area contributed by atoms with Crippen LogP contribution in [0.2, 0.25) is 0 Å². The summed E-state index contributed by atoms with van der Waals surface area (Å²) in [7, 11) is 0. The van der Waals surface area contributed by atoms with E-state index in [0.717, 1.165) is 17.7 Å². The third-order valence-electron chi connectivity index (χ3n) is 2.65. The van der Waals surface area contributed by atoms with Gasteiger partial charge < -0.3 is 4.74 Å². The number of ether oxygens (including phenoxy) is 1. The molecular weight excluding hydrogens is 208 g/mol. The van der Waals surface area contributed by atoms with Crippen LogP contribution in [0.4, 0.5) is 0 Å². The summed E-state index contributed by atoms with van der Waals surface area (Å²) in [6.07, 6.45) is 5.76. The molecule has 0 aliphatic heterocycles. The Balaban J connectivity index is 1.83. The van der Waals surface area contributed by atoms with Crippen molar-refractivity contribution in [3.8, 4) is 0 Å². The van der Waals surface area contributed by atoms with E-state index in [1.807, 2.05) is 30.5 Å². The number of thiophene rings is 1. The summed E-state index contributed by atoms with van der Waals surface area (Å²) >= 11 is 1.64. The highest BCUT2D eigenvalue weighted by molar-refractivity contribution is 7.10. The molecule has 0 aromatic carbocycles.